The largest absolute Gasteiger partial charge is 0.487 e. The predicted octanol–water partition coefficient (Wildman–Crippen LogP) is 7.83. The van der Waals surface area contributed by atoms with Crippen molar-refractivity contribution in [2.45, 2.75) is 81.5 Å². The molecule has 1 saturated carbocycles. The van der Waals surface area contributed by atoms with E-state index in [0.717, 1.165) is 24.3 Å². The molecule has 0 unspecified atom stereocenters. The second-order valence-corrected chi connectivity index (χ2v) is 11.9. The topological polar surface area (TPSA) is 65.9 Å². The highest BCUT2D eigenvalue weighted by Gasteiger charge is 2.40. The van der Waals surface area contributed by atoms with Crippen LogP contribution < -0.4 is 9.64 Å². The minimum atomic E-state index is -4.73. The number of likely N-dealkylation sites (N-methyl/N-ethyl adjacent to an activating group) is 1. The molecule has 6 nitrogen and oxygen atoms in total. The van der Waals surface area contributed by atoms with E-state index in [1.54, 1.807) is 0 Å². The normalized spacial score (nSPS) is 18.4. The quantitative estimate of drug-likeness (QED) is 0.262. The standard InChI is InChI=1S/C21H22F5N3O3S2.C4H8F2/c1-28-6-7-29(12-2-4-20(22,23)5-3-12)14-8-13(21(24,25)26)15(9-16(14)34-28)32-10-17-18(19(30)31)27-11-33-17;1-3-4(2,5)6/h8-9,11-12H,2-7,10H2,1H3,(H,30,31);3H2,1-2H3. The Kier molecular flexibility index (Phi) is 10.3. The van der Waals surface area contributed by atoms with Crippen molar-refractivity contribution in [1.29, 1.82) is 0 Å². The first-order valence-corrected chi connectivity index (χ1v) is 14.1. The highest BCUT2D eigenvalue weighted by molar-refractivity contribution is 7.97. The fourth-order valence-corrected chi connectivity index (χ4v) is 5.78. The molecule has 0 radical (unpaired) electrons. The van der Waals surface area contributed by atoms with Crippen molar-refractivity contribution < 1.29 is 45.4 Å². The number of aromatic carboxylic acids is 1. The Balaban J connectivity index is 0.000000663. The number of thiazole rings is 1. The van der Waals surface area contributed by atoms with Crippen molar-refractivity contribution in [2.24, 2.45) is 0 Å². The van der Waals surface area contributed by atoms with Crippen LogP contribution in [0, 0.1) is 0 Å². The molecule has 1 aliphatic carbocycles. The molecule has 1 aromatic heterocycles. The molecular weight excluding hydrogens is 587 g/mol. The summed E-state index contributed by atoms with van der Waals surface area (Å²) in [4.78, 5) is 17.5. The van der Waals surface area contributed by atoms with E-state index in [1.165, 1.54) is 30.4 Å². The number of anilines is 1. The summed E-state index contributed by atoms with van der Waals surface area (Å²) in [6, 6.07) is 2.04. The van der Waals surface area contributed by atoms with E-state index >= 15 is 0 Å². The molecule has 2 heterocycles. The van der Waals surface area contributed by atoms with Crippen LogP contribution in [-0.4, -0.2) is 58.4 Å². The van der Waals surface area contributed by atoms with E-state index in [9.17, 15) is 40.6 Å². The van der Waals surface area contributed by atoms with Crippen molar-refractivity contribution in [2.75, 3.05) is 25.0 Å². The van der Waals surface area contributed by atoms with Crippen LogP contribution in [0.15, 0.2) is 22.5 Å². The van der Waals surface area contributed by atoms with Crippen LogP contribution in [0.5, 0.6) is 5.75 Å². The second kappa shape index (κ2) is 12.7. The highest BCUT2D eigenvalue weighted by Crippen LogP contribution is 2.47. The number of benzene rings is 1. The Labute approximate surface area is 235 Å². The molecule has 0 bridgehead atoms. The lowest BCUT2D eigenvalue weighted by molar-refractivity contribution is -0.139. The third-order valence-electron chi connectivity index (χ3n) is 6.54. The Morgan fingerprint density at radius 2 is 1.80 bits per heavy atom. The monoisotopic (exact) mass is 617 g/mol. The van der Waals surface area contributed by atoms with E-state index in [0.29, 0.717) is 23.7 Å². The number of alkyl halides is 7. The van der Waals surface area contributed by atoms with E-state index < -0.39 is 35.3 Å². The zero-order valence-corrected chi connectivity index (χ0v) is 23.7. The number of carbonyl (C=O) groups is 1. The Morgan fingerprint density at radius 1 is 1.18 bits per heavy atom. The molecule has 2 aromatic rings. The van der Waals surface area contributed by atoms with Gasteiger partial charge in [-0.3, -0.25) is 0 Å². The van der Waals surface area contributed by atoms with Gasteiger partial charge in [0.25, 0.3) is 0 Å². The number of hydrogen-bond donors (Lipinski definition) is 1. The summed E-state index contributed by atoms with van der Waals surface area (Å²) in [5.74, 6) is -6.91. The molecule has 0 amide bonds. The average Bonchev–Trinajstić information content (AvgIpc) is 3.26. The molecule has 1 aliphatic heterocycles. The Bertz CT molecular complexity index is 1160. The van der Waals surface area contributed by atoms with E-state index in [2.05, 4.69) is 4.98 Å². The predicted molar refractivity (Wildman–Crippen MR) is 139 cm³/mol. The van der Waals surface area contributed by atoms with Crippen LogP contribution in [0.3, 0.4) is 0 Å². The summed E-state index contributed by atoms with van der Waals surface area (Å²) >= 11 is 2.24. The van der Waals surface area contributed by atoms with Gasteiger partial charge in [0, 0.05) is 38.4 Å². The summed E-state index contributed by atoms with van der Waals surface area (Å²) in [6.07, 6.45) is -4.98. The van der Waals surface area contributed by atoms with Crippen LogP contribution in [-0.2, 0) is 12.8 Å². The van der Waals surface area contributed by atoms with Crippen LogP contribution in [0.2, 0.25) is 0 Å². The zero-order valence-electron chi connectivity index (χ0n) is 22.0. The van der Waals surface area contributed by atoms with Crippen molar-refractivity contribution in [3.63, 3.8) is 0 Å². The van der Waals surface area contributed by atoms with Gasteiger partial charge >= 0.3 is 12.1 Å². The number of aromatic nitrogens is 1. The van der Waals surface area contributed by atoms with Crippen LogP contribution in [0.1, 0.15) is 66.9 Å². The third kappa shape index (κ3) is 8.62. The smallest absolute Gasteiger partial charge is 0.420 e. The molecule has 1 fully saturated rings. The Hall–Kier alpha value is -2.26. The van der Waals surface area contributed by atoms with Gasteiger partial charge in [0.15, 0.2) is 5.69 Å². The number of carboxylic acid groups (broad SMARTS) is 1. The number of nitrogens with zero attached hydrogens (tertiary/aromatic N) is 3. The first kappa shape index (κ1) is 32.3. The number of fused-ring (bicyclic) bond motifs is 1. The summed E-state index contributed by atoms with van der Waals surface area (Å²) in [5, 5.41) is 9.19. The molecule has 1 aromatic carbocycles. The average molecular weight is 618 g/mol. The first-order valence-electron chi connectivity index (χ1n) is 12.5. The maximum absolute atomic E-state index is 14.0. The number of carboxylic acids is 1. The molecule has 2 aliphatic rings. The summed E-state index contributed by atoms with van der Waals surface area (Å²) in [6.45, 7) is 2.93. The summed E-state index contributed by atoms with van der Waals surface area (Å²) < 4.78 is 99.7. The minimum absolute atomic E-state index is 0.0625. The molecule has 0 atom stereocenters. The van der Waals surface area contributed by atoms with Gasteiger partial charge in [-0.1, -0.05) is 6.92 Å². The van der Waals surface area contributed by atoms with E-state index in [1.807, 2.05) is 16.3 Å². The van der Waals surface area contributed by atoms with Gasteiger partial charge in [0.1, 0.15) is 12.4 Å². The zero-order chi connectivity index (χ0) is 29.9. The van der Waals surface area contributed by atoms with Gasteiger partial charge in [-0.15, -0.1) is 11.3 Å². The molecule has 4 rings (SSSR count). The fraction of sp³-hybridized carbons (Fsp3) is 0.600. The molecule has 0 saturated heterocycles. The Morgan fingerprint density at radius 3 is 2.35 bits per heavy atom. The third-order valence-corrected chi connectivity index (χ3v) is 8.36. The summed E-state index contributed by atoms with van der Waals surface area (Å²) in [5.41, 5.74) is 0.375. The maximum atomic E-state index is 14.0. The van der Waals surface area contributed by atoms with Crippen LogP contribution in [0.4, 0.5) is 36.4 Å². The lowest BCUT2D eigenvalue weighted by atomic mass is 9.90. The molecule has 40 heavy (non-hydrogen) atoms. The van der Waals surface area contributed by atoms with Gasteiger partial charge < -0.3 is 14.7 Å². The number of halogens is 7. The van der Waals surface area contributed by atoms with Crippen molar-refractivity contribution in [1.82, 2.24) is 9.29 Å². The van der Waals surface area contributed by atoms with Crippen LogP contribution in [0.25, 0.3) is 0 Å². The van der Waals surface area contributed by atoms with E-state index in [-0.39, 0.29) is 55.3 Å². The lowest BCUT2D eigenvalue weighted by Crippen LogP contribution is -2.43. The molecular formula is C25H30F7N3O3S2. The van der Waals surface area contributed by atoms with E-state index in [4.69, 9.17) is 4.74 Å². The number of ether oxygens (including phenoxy) is 1. The molecule has 15 heteroatoms. The highest BCUT2D eigenvalue weighted by atomic mass is 32.2. The number of rotatable bonds is 6. The molecule has 0 spiro atoms. The van der Waals surface area contributed by atoms with Crippen molar-refractivity contribution >= 4 is 34.9 Å². The van der Waals surface area contributed by atoms with Crippen molar-refractivity contribution in [3.05, 3.63) is 33.8 Å². The summed E-state index contributed by atoms with van der Waals surface area (Å²) in [7, 11) is 1.81. The fourth-order valence-electron chi connectivity index (χ4n) is 4.18. The van der Waals surface area contributed by atoms with Gasteiger partial charge in [-0.05, 0) is 50.9 Å². The maximum Gasteiger partial charge on any atom is 0.420 e. The molecule has 1 N–H and O–H groups in total. The first-order chi connectivity index (χ1) is 18.5. The molecule has 224 valence electrons. The van der Waals surface area contributed by atoms with Gasteiger partial charge in [0.2, 0.25) is 11.8 Å². The van der Waals surface area contributed by atoms with Crippen molar-refractivity contribution in [3.8, 4) is 5.75 Å². The second-order valence-electron chi connectivity index (χ2n) is 9.68. The number of hydrogen-bond acceptors (Lipinski definition) is 7. The SMILES string of the molecule is CCC(C)(F)F.CN1CCN(C2CCC(F)(F)CC2)c2cc(C(F)(F)F)c(OCc3scnc3C(=O)O)cc2S1. The van der Waals surface area contributed by atoms with Gasteiger partial charge in [-0.2, -0.15) is 13.2 Å². The minimum Gasteiger partial charge on any atom is -0.487 e. The lowest BCUT2D eigenvalue weighted by Gasteiger charge is -2.38. The van der Waals surface area contributed by atoms with Gasteiger partial charge in [-0.25, -0.2) is 31.6 Å². The van der Waals surface area contributed by atoms with Gasteiger partial charge in [0.05, 0.1) is 26.5 Å². The van der Waals surface area contributed by atoms with Crippen LogP contribution >= 0.6 is 23.3 Å².